The second-order valence-corrected chi connectivity index (χ2v) is 4.54. The molecule has 0 aromatic carbocycles. The van der Waals surface area contributed by atoms with Crippen LogP contribution in [0.2, 0.25) is 0 Å². The molecule has 1 saturated carbocycles. The van der Waals surface area contributed by atoms with Gasteiger partial charge in [0.2, 0.25) is 0 Å². The quantitative estimate of drug-likeness (QED) is 0.815. The maximum atomic E-state index is 12.5. The minimum atomic E-state index is -4.07. The Morgan fingerprint density at radius 1 is 1.44 bits per heavy atom. The third-order valence-electron chi connectivity index (χ3n) is 3.07. The average Bonchev–Trinajstić information content (AvgIpc) is 2.25. The van der Waals surface area contributed by atoms with E-state index in [0.717, 1.165) is 6.42 Å². The van der Waals surface area contributed by atoms with Crippen molar-refractivity contribution >= 4 is 0 Å². The molecule has 2 nitrogen and oxygen atoms in total. The third-order valence-corrected chi connectivity index (χ3v) is 3.07. The number of hydrogen-bond acceptors (Lipinski definition) is 2. The molecule has 1 N–H and O–H groups in total. The summed E-state index contributed by atoms with van der Waals surface area (Å²) in [6.45, 7) is 2.24. The van der Waals surface area contributed by atoms with Crippen LogP contribution in [0.25, 0.3) is 0 Å². The molecular weight excluding hydrogens is 217 g/mol. The molecule has 92 valence electrons. The van der Waals surface area contributed by atoms with Crippen LogP contribution in [0, 0.1) is 23.2 Å². The number of alkyl halides is 3. The molecule has 0 aromatic heterocycles. The molecule has 16 heavy (non-hydrogen) atoms. The molecule has 0 radical (unpaired) electrons. The summed E-state index contributed by atoms with van der Waals surface area (Å²) in [4.78, 5) is 0. The predicted molar refractivity (Wildman–Crippen MR) is 54.6 cm³/mol. The molecule has 3 atom stereocenters. The number of nitriles is 1. The number of rotatable bonds is 3. The predicted octanol–water partition coefficient (Wildman–Crippen LogP) is 2.86. The number of halogens is 3. The minimum Gasteiger partial charge on any atom is -0.313 e. The van der Waals surface area contributed by atoms with Crippen LogP contribution in [0.3, 0.4) is 0 Å². The zero-order valence-electron chi connectivity index (χ0n) is 9.35. The first-order valence-corrected chi connectivity index (χ1v) is 5.63. The number of nitrogens with one attached hydrogen (secondary N) is 1. The monoisotopic (exact) mass is 234 g/mol. The van der Waals surface area contributed by atoms with E-state index < -0.39 is 12.1 Å². The van der Waals surface area contributed by atoms with E-state index in [0.29, 0.717) is 13.0 Å². The van der Waals surface area contributed by atoms with E-state index in [1.165, 1.54) is 0 Å². The van der Waals surface area contributed by atoms with Gasteiger partial charge in [0.05, 0.1) is 17.9 Å². The fourth-order valence-corrected chi connectivity index (χ4v) is 2.06. The first-order chi connectivity index (χ1) is 7.43. The molecule has 0 aliphatic heterocycles. The Balaban J connectivity index is 2.37. The first kappa shape index (κ1) is 13.3. The molecule has 5 heteroatoms. The molecular formula is C11H17F3N2. The highest BCUT2D eigenvalue weighted by Crippen LogP contribution is 2.37. The van der Waals surface area contributed by atoms with Crippen LogP contribution < -0.4 is 5.32 Å². The fraction of sp³-hybridized carbons (Fsp3) is 0.909. The van der Waals surface area contributed by atoms with Gasteiger partial charge in [-0.05, 0) is 26.2 Å². The second-order valence-electron chi connectivity index (χ2n) is 4.54. The molecule has 0 saturated heterocycles. The van der Waals surface area contributed by atoms with Crippen molar-refractivity contribution in [3.8, 4) is 6.07 Å². The van der Waals surface area contributed by atoms with Crippen LogP contribution in [0.15, 0.2) is 0 Å². The molecule has 0 bridgehead atoms. The van der Waals surface area contributed by atoms with Crippen molar-refractivity contribution < 1.29 is 13.2 Å². The van der Waals surface area contributed by atoms with E-state index in [2.05, 4.69) is 11.4 Å². The number of nitrogens with zero attached hydrogens (tertiary/aromatic N) is 1. The zero-order chi connectivity index (χ0) is 12.2. The van der Waals surface area contributed by atoms with Crippen LogP contribution in [0.4, 0.5) is 13.2 Å². The van der Waals surface area contributed by atoms with Gasteiger partial charge < -0.3 is 5.32 Å². The van der Waals surface area contributed by atoms with Crippen molar-refractivity contribution in [2.45, 2.75) is 44.8 Å². The molecule has 1 aliphatic carbocycles. The first-order valence-electron chi connectivity index (χ1n) is 5.63. The van der Waals surface area contributed by atoms with Crippen molar-refractivity contribution in [3.05, 3.63) is 0 Å². The van der Waals surface area contributed by atoms with Crippen molar-refractivity contribution in [1.29, 1.82) is 5.26 Å². The maximum Gasteiger partial charge on any atom is 0.391 e. The smallest absolute Gasteiger partial charge is 0.313 e. The van der Waals surface area contributed by atoms with Gasteiger partial charge in [0, 0.05) is 12.6 Å². The summed E-state index contributed by atoms with van der Waals surface area (Å²) in [7, 11) is 0. The molecule has 0 amide bonds. The van der Waals surface area contributed by atoms with E-state index in [1.54, 1.807) is 6.92 Å². The van der Waals surface area contributed by atoms with Gasteiger partial charge in [-0.1, -0.05) is 6.42 Å². The van der Waals surface area contributed by atoms with Crippen LogP contribution >= 0.6 is 0 Å². The Labute approximate surface area is 93.8 Å². The van der Waals surface area contributed by atoms with Gasteiger partial charge in [0.25, 0.3) is 0 Å². The zero-order valence-corrected chi connectivity index (χ0v) is 9.35. The topological polar surface area (TPSA) is 35.8 Å². The standard InChI is InChI=1S/C11H17F3N2/c1-8(6-15)7-16-10-4-2-3-9(5-10)11(12,13)14/h8-10,16H,2-5,7H2,1H3. The average molecular weight is 234 g/mol. The molecule has 0 heterocycles. The highest BCUT2D eigenvalue weighted by molar-refractivity contribution is 4.85. The summed E-state index contributed by atoms with van der Waals surface area (Å²) >= 11 is 0. The van der Waals surface area contributed by atoms with Crippen molar-refractivity contribution in [1.82, 2.24) is 5.32 Å². The van der Waals surface area contributed by atoms with Gasteiger partial charge >= 0.3 is 6.18 Å². The third kappa shape index (κ3) is 4.01. The normalized spacial score (nSPS) is 28.4. The number of hydrogen-bond donors (Lipinski definition) is 1. The molecule has 1 rings (SSSR count). The molecule has 0 aromatic rings. The molecule has 3 unspecified atom stereocenters. The Kier molecular flexibility index (Phi) is 4.60. The fourth-order valence-electron chi connectivity index (χ4n) is 2.06. The van der Waals surface area contributed by atoms with E-state index in [1.807, 2.05) is 0 Å². The van der Waals surface area contributed by atoms with Gasteiger partial charge in [0.1, 0.15) is 0 Å². The van der Waals surface area contributed by atoms with E-state index >= 15 is 0 Å². The molecule has 0 spiro atoms. The van der Waals surface area contributed by atoms with Crippen molar-refractivity contribution in [3.63, 3.8) is 0 Å². The highest BCUT2D eigenvalue weighted by atomic mass is 19.4. The Morgan fingerprint density at radius 2 is 2.12 bits per heavy atom. The Morgan fingerprint density at radius 3 is 2.69 bits per heavy atom. The lowest BCUT2D eigenvalue weighted by Gasteiger charge is -2.31. The summed E-state index contributed by atoms with van der Waals surface area (Å²) < 4.78 is 37.5. The second kappa shape index (κ2) is 5.53. The SMILES string of the molecule is CC(C#N)CNC1CCCC(C(F)(F)F)C1. The van der Waals surface area contributed by atoms with Gasteiger partial charge in [-0.15, -0.1) is 0 Å². The van der Waals surface area contributed by atoms with Crippen molar-refractivity contribution in [2.24, 2.45) is 11.8 Å². The van der Waals surface area contributed by atoms with E-state index in [9.17, 15) is 13.2 Å². The van der Waals surface area contributed by atoms with Crippen LogP contribution in [0.1, 0.15) is 32.6 Å². The summed E-state index contributed by atoms with van der Waals surface area (Å²) in [5.74, 6) is -1.32. The van der Waals surface area contributed by atoms with Crippen LogP contribution in [0.5, 0.6) is 0 Å². The Hall–Kier alpha value is -0.760. The maximum absolute atomic E-state index is 12.5. The lowest BCUT2D eigenvalue weighted by Crippen LogP contribution is -2.40. The van der Waals surface area contributed by atoms with Gasteiger partial charge in [-0.25, -0.2) is 0 Å². The van der Waals surface area contributed by atoms with Gasteiger partial charge in [-0.2, -0.15) is 18.4 Å². The lowest BCUT2D eigenvalue weighted by atomic mass is 9.85. The molecule has 1 fully saturated rings. The van der Waals surface area contributed by atoms with Crippen molar-refractivity contribution in [2.75, 3.05) is 6.54 Å². The largest absolute Gasteiger partial charge is 0.391 e. The highest BCUT2D eigenvalue weighted by Gasteiger charge is 2.41. The van der Waals surface area contributed by atoms with E-state index in [4.69, 9.17) is 5.26 Å². The summed E-state index contributed by atoms with van der Waals surface area (Å²) in [6.07, 6.45) is -2.27. The summed E-state index contributed by atoms with van der Waals surface area (Å²) in [5, 5.41) is 11.6. The summed E-state index contributed by atoms with van der Waals surface area (Å²) in [6, 6.07) is 1.97. The van der Waals surface area contributed by atoms with Gasteiger partial charge in [-0.3, -0.25) is 0 Å². The Bertz CT molecular complexity index is 257. The van der Waals surface area contributed by atoms with Gasteiger partial charge in [0.15, 0.2) is 0 Å². The van der Waals surface area contributed by atoms with Crippen LogP contribution in [-0.4, -0.2) is 18.8 Å². The van der Waals surface area contributed by atoms with E-state index in [-0.39, 0.29) is 24.8 Å². The lowest BCUT2D eigenvalue weighted by molar-refractivity contribution is -0.183. The van der Waals surface area contributed by atoms with Crippen LogP contribution in [-0.2, 0) is 0 Å². The minimum absolute atomic E-state index is 0.0869. The summed E-state index contributed by atoms with van der Waals surface area (Å²) in [5.41, 5.74) is 0. The molecule has 1 aliphatic rings.